The molecule has 2 aromatic heterocycles. The van der Waals surface area contributed by atoms with Gasteiger partial charge in [-0.05, 0) is 75.1 Å². The molecule has 0 saturated carbocycles. The molecule has 43 heavy (non-hydrogen) atoms. The SMILES string of the molecule is Cc1cc(C(N)=O)nn1-c1ccc(Cc2ccc(-c3ccc(C(=O)N4CCN(C(=O)OC(C)(C)C)CC4)nc3)cc2)cc1. The molecule has 0 radical (unpaired) electrons. The zero-order chi connectivity index (χ0) is 30.7. The average Bonchev–Trinajstić information content (AvgIpc) is 3.39. The molecule has 3 amide bonds. The number of rotatable bonds is 6. The zero-order valence-electron chi connectivity index (χ0n) is 24.9. The summed E-state index contributed by atoms with van der Waals surface area (Å²) in [6.45, 7) is 9.12. The molecule has 10 heteroatoms. The highest BCUT2D eigenvalue weighted by Crippen LogP contribution is 2.22. The second-order valence-corrected chi connectivity index (χ2v) is 11.7. The van der Waals surface area contributed by atoms with Gasteiger partial charge in [0.2, 0.25) is 0 Å². The van der Waals surface area contributed by atoms with Crippen LogP contribution in [0.25, 0.3) is 16.8 Å². The van der Waals surface area contributed by atoms with Crippen LogP contribution < -0.4 is 5.73 Å². The lowest BCUT2D eigenvalue weighted by Crippen LogP contribution is -2.51. The monoisotopic (exact) mass is 580 g/mol. The summed E-state index contributed by atoms with van der Waals surface area (Å²) < 4.78 is 7.14. The predicted octanol–water partition coefficient (Wildman–Crippen LogP) is 4.63. The summed E-state index contributed by atoms with van der Waals surface area (Å²) in [6, 6.07) is 21.7. The van der Waals surface area contributed by atoms with Crippen molar-refractivity contribution in [2.75, 3.05) is 26.2 Å². The Morgan fingerprint density at radius 3 is 1.93 bits per heavy atom. The number of carbonyl (C=O) groups excluding carboxylic acids is 3. The Morgan fingerprint density at radius 2 is 1.40 bits per heavy atom. The molecule has 1 aliphatic heterocycles. The lowest BCUT2D eigenvalue weighted by atomic mass is 10.0. The molecule has 5 rings (SSSR count). The number of ether oxygens (including phenoxy) is 1. The van der Waals surface area contributed by atoms with E-state index in [4.69, 9.17) is 10.5 Å². The van der Waals surface area contributed by atoms with Gasteiger partial charge in [-0.15, -0.1) is 0 Å². The summed E-state index contributed by atoms with van der Waals surface area (Å²) in [5, 5.41) is 4.29. The van der Waals surface area contributed by atoms with Crippen LogP contribution in [0.5, 0.6) is 0 Å². The Kier molecular flexibility index (Phi) is 8.29. The van der Waals surface area contributed by atoms with E-state index in [0.717, 1.165) is 40.1 Å². The van der Waals surface area contributed by atoms with Crippen LogP contribution in [0.3, 0.4) is 0 Å². The molecule has 10 nitrogen and oxygen atoms in total. The number of amides is 3. The normalized spacial score (nSPS) is 13.6. The third-order valence-corrected chi connectivity index (χ3v) is 7.22. The van der Waals surface area contributed by atoms with Crippen molar-refractivity contribution in [1.82, 2.24) is 24.6 Å². The summed E-state index contributed by atoms with van der Waals surface area (Å²) in [7, 11) is 0. The Hall–Kier alpha value is -4.99. The van der Waals surface area contributed by atoms with Gasteiger partial charge in [0.1, 0.15) is 11.3 Å². The van der Waals surface area contributed by atoms with Crippen molar-refractivity contribution in [3.05, 3.63) is 101 Å². The molecule has 0 atom stereocenters. The van der Waals surface area contributed by atoms with Crippen molar-refractivity contribution in [3.8, 4) is 16.8 Å². The smallest absolute Gasteiger partial charge is 0.410 e. The lowest BCUT2D eigenvalue weighted by molar-refractivity contribution is 0.0140. The van der Waals surface area contributed by atoms with Gasteiger partial charge in [-0.1, -0.05) is 42.5 Å². The van der Waals surface area contributed by atoms with Crippen LogP contribution in [0.2, 0.25) is 0 Å². The number of aryl methyl sites for hydroxylation is 1. The van der Waals surface area contributed by atoms with Gasteiger partial charge in [-0.3, -0.25) is 14.6 Å². The van der Waals surface area contributed by atoms with Crippen molar-refractivity contribution >= 4 is 17.9 Å². The highest BCUT2D eigenvalue weighted by molar-refractivity contribution is 5.93. The summed E-state index contributed by atoms with van der Waals surface area (Å²) in [4.78, 5) is 44.6. The maximum Gasteiger partial charge on any atom is 0.410 e. The van der Waals surface area contributed by atoms with E-state index in [1.807, 2.05) is 58.0 Å². The van der Waals surface area contributed by atoms with E-state index in [1.54, 1.807) is 32.8 Å². The van der Waals surface area contributed by atoms with E-state index in [2.05, 4.69) is 34.3 Å². The van der Waals surface area contributed by atoms with Crippen LogP contribution in [-0.2, 0) is 11.2 Å². The van der Waals surface area contributed by atoms with Crippen LogP contribution >= 0.6 is 0 Å². The van der Waals surface area contributed by atoms with Gasteiger partial charge in [-0.25, -0.2) is 9.48 Å². The fraction of sp³-hybridized carbons (Fsp3) is 0.303. The molecule has 1 fully saturated rings. The van der Waals surface area contributed by atoms with E-state index in [0.29, 0.717) is 31.9 Å². The number of nitrogens with zero attached hydrogens (tertiary/aromatic N) is 5. The van der Waals surface area contributed by atoms with Crippen LogP contribution in [0.4, 0.5) is 4.79 Å². The molecule has 4 aromatic rings. The fourth-order valence-corrected chi connectivity index (χ4v) is 4.93. The standard InChI is InChI=1S/C33H36N6O4/c1-22-19-29(30(34)40)36-39(22)27-12-7-24(8-13-27)20-23-5-9-25(10-6-23)26-11-14-28(35-21-26)31(41)37-15-17-38(18-16-37)32(42)43-33(2,3)4/h5-14,19,21H,15-18,20H2,1-4H3,(H2,34,40). The largest absolute Gasteiger partial charge is 0.444 e. The van der Waals surface area contributed by atoms with Crippen LogP contribution in [0, 0.1) is 6.92 Å². The van der Waals surface area contributed by atoms with Gasteiger partial charge < -0.3 is 20.3 Å². The van der Waals surface area contributed by atoms with E-state index < -0.39 is 11.5 Å². The first-order chi connectivity index (χ1) is 20.5. The number of nitrogens with two attached hydrogens (primary N) is 1. The Labute approximate surface area is 251 Å². The van der Waals surface area contributed by atoms with Crippen molar-refractivity contribution in [1.29, 1.82) is 0 Å². The van der Waals surface area contributed by atoms with Crippen molar-refractivity contribution < 1.29 is 19.1 Å². The fourth-order valence-electron chi connectivity index (χ4n) is 4.93. The second kappa shape index (κ2) is 12.1. The maximum absolute atomic E-state index is 13.0. The molecule has 0 aliphatic carbocycles. The van der Waals surface area contributed by atoms with Gasteiger partial charge in [0.25, 0.3) is 11.8 Å². The second-order valence-electron chi connectivity index (χ2n) is 11.7. The Morgan fingerprint density at radius 1 is 0.814 bits per heavy atom. The summed E-state index contributed by atoms with van der Waals surface area (Å²) in [5.41, 5.74) is 11.4. The number of hydrogen-bond acceptors (Lipinski definition) is 6. The molecule has 2 N–H and O–H groups in total. The van der Waals surface area contributed by atoms with Crippen molar-refractivity contribution in [2.45, 2.75) is 39.7 Å². The molecule has 3 heterocycles. The van der Waals surface area contributed by atoms with Crippen molar-refractivity contribution in [2.24, 2.45) is 5.73 Å². The predicted molar refractivity (Wildman–Crippen MR) is 163 cm³/mol. The first-order valence-corrected chi connectivity index (χ1v) is 14.3. The van der Waals surface area contributed by atoms with Crippen LogP contribution in [-0.4, -0.2) is 74.3 Å². The Balaban J connectivity index is 1.16. The molecule has 222 valence electrons. The summed E-state index contributed by atoms with van der Waals surface area (Å²) in [5.74, 6) is -0.693. The Bertz CT molecular complexity index is 1610. The maximum atomic E-state index is 13.0. The topological polar surface area (TPSA) is 124 Å². The average molecular weight is 581 g/mol. The number of carbonyl (C=O) groups is 3. The van der Waals surface area contributed by atoms with Crippen molar-refractivity contribution in [3.63, 3.8) is 0 Å². The molecule has 0 bridgehead atoms. The molecule has 1 aliphatic rings. The molecule has 0 spiro atoms. The summed E-state index contributed by atoms with van der Waals surface area (Å²) in [6.07, 6.45) is 2.13. The highest BCUT2D eigenvalue weighted by atomic mass is 16.6. The van der Waals surface area contributed by atoms with E-state index in [-0.39, 0.29) is 17.7 Å². The van der Waals surface area contributed by atoms with E-state index >= 15 is 0 Å². The number of primary amides is 1. The van der Waals surface area contributed by atoms with E-state index in [1.165, 1.54) is 0 Å². The third-order valence-electron chi connectivity index (χ3n) is 7.22. The van der Waals surface area contributed by atoms with Gasteiger partial charge in [-0.2, -0.15) is 5.10 Å². The molecule has 1 saturated heterocycles. The zero-order valence-corrected chi connectivity index (χ0v) is 24.9. The van der Waals surface area contributed by atoms with Gasteiger partial charge in [0, 0.05) is 43.6 Å². The highest BCUT2D eigenvalue weighted by Gasteiger charge is 2.28. The minimum Gasteiger partial charge on any atom is -0.444 e. The lowest BCUT2D eigenvalue weighted by Gasteiger charge is -2.35. The molecule has 2 aromatic carbocycles. The minimum atomic E-state index is -0.551. The number of benzene rings is 2. The summed E-state index contributed by atoms with van der Waals surface area (Å²) >= 11 is 0. The number of hydrogen-bond donors (Lipinski definition) is 1. The number of aromatic nitrogens is 3. The first kappa shape index (κ1) is 29.5. The quantitative estimate of drug-likeness (QED) is 0.355. The third kappa shape index (κ3) is 7.09. The molecular weight excluding hydrogens is 544 g/mol. The van der Waals surface area contributed by atoms with Gasteiger partial charge in [0.15, 0.2) is 5.69 Å². The number of pyridine rings is 1. The van der Waals surface area contributed by atoms with Gasteiger partial charge in [0.05, 0.1) is 5.69 Å². The molecule has 0 unspecified atom stereocenters. The van der Waals surface area contributed by atoms with Gasteiger partial charge >= 0.3 is 6.09 Å². The number of piperazine rings is 1. The first-order valence-electron chi connectivity index (χ1n) is 14.3. The van der Waals surface area contributed by atoms with E-state index in [9.17, 15) is 14.4 Å². The minimum absolute atomic E-state index is 0.146. The molecular formula is C33H36N6O4. The van der Waals surface area contributed by atoms with Crippen LogP contribution in [0.1, 0.15) is 58.6 Å². The van der Waals surface area contributed by atoms with Crippen LogP contribution in [0.15, 0.2) is 72.9 Å².